The monoisotopic (exact) mass is 216 g/mol. The molecule has 0 aromatic heterocycles. The van der Waals surface area contributed by atoms with Gasteiger partial charge in [-0.2, -0.15) is 0 Å². The first-order valence-corrected chi connectivity index (χ1v) is 4.50. The highest BCUT2D eigenvalue weighted by molar-refractivity contribution is 5.71. The van der Waals surface area contributed by atoms with Crippen LogP contribution in [0.3, 0.4) is 0 Å². The summed E-state index contributed by atoms with van der Waals surface area (Å²) in [5, 5.41) is 0. The van der Waals surface area contributed by atoms with Crippen molar-refractivity contribution in [1.82, 2.24) is 0 Å². The topological polar surface area (TPSA) is 61.8 Å². The number of methoxy groups -OCH3 is 3. The summed E-state index contributed by atoms with van der Waals surface area (Å²) in [5.74, 6) is -0.0792. The molecule has 0 fully saturated rings. The molecule has 0 saturated carbocycles. The lowest BCUT2D eigenvalue weighted by atomic mass is 10.2. The number of esters is 2. The molecule has 0 aliphatic rings. The maximum absolute atomic E-state index is 10.8. The Bertz CT molecular complexity index is 244. The number of carbonyl (C=O) groups is 2. The van der Waals surface area contributed by atoms with Crippen molar-refractivity contribution in [3.63, 3.8) is 0 Å². The molecule has 0 N–H and O–H groups in total. The van der Waals surface area contributed by atoms with E-state index in [4.69, 9.17) is 4.74 Å². The van der Waals surface area contributed by atoms with Crippen molar-refractivity contribution in [2.45, 2.75) is 19.3 Å². The molecular weight excluding hydrogens is 200 g/mol. The van der Waals surface area contributed by atoms with E-state index in [2.05, 4.69) is 9.47 Å². The molecule has 5 heteroatoms. The quantitative estimate of drug-likeness (QED) is 0.490. The summed E-state index contributed by atoms with van der Waals surface area (Å²) in [6.07, 6.45) is 2.38. The highest BCUT2D eigenvalue weighted by atomic mass is 16.5. The van der Waals surface area contributed by atoms with Gasteiger partial charge in [0.1, 0.15) is 0 Å². The molecule has 0 unspecified atom stereocenters. The third kappa shape index (κ3) is 6.54. The van der Waals surface area contributed by atoms with Gasteiger partial charge in [-0.1, -0.05) is 0 Å². The second-order valence-corrected chi connectivity index (χ2v) is 2.73. The first kappa shape index (κ1) is 13.5. The van der Waals surface area contributed by atoms with Gasteiger partial charge in [0, 0.05) is 6.42 Å². The minimum Gasteiger partial charge on any atom is -0.501 e. The van der Waals surface area contributed by atoms with Crippen molar-refractivity contribution in [1.29, 1.82) is 0 Å². The van der Waals surface area contributed by atoms with E-state index < -0.39 is 0 Å². The third-order valence-electron chi connectivity index (χ3n) is 1.79. The van der Waals surface area contributed by atoms with Crippen molar-refractivity contribution in [3.8, 4) is 0 Å². The molecule has 0 aromatic carbocycles. The number of ether oxygens (including phenoxy) is 3. The fourth-order valence-electron chi connectivity index (χ4n) is 0.895. The van der Waals surface area contributed by atoms with Crippen LogP contribution in [0.25, 0.3) is 0 Å². The fraction of sp³-hybridized carbons (Fsp3) is 0.600. The predicted molar refractivity (Wildman–Crippen MR) is 53.0 cm³/mol. The molecule has 0 aromatic rings. The Balaban J connectivity index is 4.01. The van der Waals surface area contributed by atoms with E-state index in [1.54, 1.807) is 6.08 Å². The summed E-state index contributed by atoms with van der Waals surface area (Å²) in [5.41, 5.74) is 0. The summed E-state index contributed by atoms with van der Waals surface area (Å²) < 4.78 is 13.9. The summed E-state index contributed by atoms with van der Waals surface area (Å²) >= 11 is 0. The van der Waals surface area contributed by atoms with E-state index in [0.717, 1.165) is 0 Å². The van der Waals surface area contributed by atoms with Crippen LogP contribution in [0.1, 0.15) is 19.3 Å². The highest BCUT2D eigenvalue weighted by Gasteiger charge is 2.05. The van der Waals surface area contributed by atoms with Crippen molar-refractivity contribution in [3.05, 3.63) is 11.8 Å². The van der Waals surface area contributed by atoms with Crippen molar-refractivity contribution in [2.24, 2.45) is 0 Å². The first-order chi connectivity index (χ1) is 7.13. The lowest BCUT2D eigenvalue weighted by molar-refractivity contribution is -0.141. The van der Waals surface area contributed by atoms with Gasteiger partial charge in [-0.15, -0.1) is 0 Å². The Morgan fingerprint density at radius 1 is 0.933 bits per heavy atom. The molecule has 0 amide bonds. The summed E-state index contributed by atoms with van der Waals surface area (Å²) in [7, 11) is 4.13. The molecular formula is C10H16O5. The van der Waals surface area contributed by atoms with Gasteiger partial charge in [-0.25, -0.2) is 0 Å². The van der Waals surface area contributed by atoms with Crippen LogP contribution in [0.2, 0.25) is 0 Å². The van der Waals surface area contributed by atoms with Crippen LogP contribution < -0.4 is 0 Å². The van der Waals surface area contributed by atoms with Gasteiger partial charge in [0.2, 0.25) is 0 Å². The van der Waals surface area contributed by atoms with Gasteiger partial charge >= 0.3 is 11.9 Å². The van der Waals surface area contributed by atoms with Gasteiger partial charge in [0.15, 0.2) is 0 Å². The molecule has 0 radical (unpaired) electrons. The van der Waals surface area contributed by atoms with Crippen LogP contribution >= 0.6 is 0 Å². The molecule has 15 heavy (non-hydrogen) atoms. The Kier molecular flexibility index (Phi) is 7.05. The minimum atomic E-state index is -0.345. The maximum atomic E-state index is 10.8. The molecule has 0 rings (SSSR count). The molecule has 0 spiro atoms. The fourth-order valence-corrected chi connectivity index (χ4v) is 0.895. The number of hydrogen-bond acceptors (Lipinski definition) is 5. The number of carbonyl (C=O) groups excluding carboxylic acids is 2. The summed E-state index contributed by atoms with van der Waals surface area (Å²) in [6, 6.07) is 0. The molecule has 0 heterocycles. The lowest BCUT2D eigenvalue weighted by Crippen LogP contribution is -2.02. The van der Waals surface area contributed by atoms with Crippen LogP contribution in [-0.2, 0) is 23.8 Å². The van der Waals surface area contributed by atoms with Crippen LogP contribution in [-0.4, -0.2) is 33.3 Å². The standard InChI is InChI=1S/C10H16O5/c1-13-8(4-6-9(11)14-2)5-7-10(12)15-3/h4H,5-7H2,1-3H3/b8-4+. The molecule has 0 atom stereocenters. The molecule has 0 aliphatic carbocycles. The predicted octanol–water partition coefficient (Wildman–Crippen LogP) is 1.03. The van der Waals surface area contributed by atoms with Crippen LogP contribution in [0.4, 0.5) is 0 Å². The molecule has 0 aliphatic heterocycles. The van der Waals surface area contributed by atoms with E-state index in [-0.39, 0.29) is 24.8 Å². The normalized spacial score (nSPS) is 10.7. The lowest BCUT2D eigenvalue weighted by Gasteiger charge is -2.04. The average Bonchev–Trinajstić information content (AvgIpc) is 2.28. The minimum absolute atomic E-state index is 0.140. The van der Waals surface area contributed by atoms with Gasteiger partial charge in [0.05, 0.1) is 39.9 Å². The van der Waals surface area contributed by atoms with Gasteiger partial charge in [0.25, 0.3) is 0 Å². The van der Waals surface area contributed by atoms with Crippen LogP contribution in [0.15, 0.2) is 11.8 Å². The molecule has 5 nitrogen and oxygen atoms in total. The van der Waals surface area contributed by atoms with Crippen molar-refractivity contribution >= 4 is 11.9 Å². The zero-order chi connectivity index (χ0) is 11.7. The largest absolute Gasteiger partial charge is 0.501 e. The number of rotatable bonds is 6. The molecule has 0 bridgehead atoms. The number of hydrogen-bond donors (Lipinski definition) is 0. The second-order valence-electron chi connectivity index (χ2n) is 2.73. The maximum Gasteiger partial charge on any atom is 0.309 e. The van der Waals surface area contributed by atoms with Crippen LogP contribution in [0, 0.1) is 0 Å². The van der Waals surface area contributed by atoms with Crippen LogP contribution in [0.5, 0.6) is 0 Å². The molecule has 86 valence electrons. The Morgan fingerprint density at radius 3 is 2.00 bits per heavy atom. The Hall–Kier alpha value is -1.52. The van der Waals surface area contributed by atoms with E-state index >= 15 is 0 Å². The first-order valence-electron chi connectivity index (χ1n) is 4.50. The molecule has 0 saturated heterocycles. The van der Waals surface area contributed by atoms with E-state index in [1.165, 1.54) is 21.3 Å². The SMILES string of the molecule is COC(=O)C/C=C(\CCC(=O)OC)OC. The van der Waals surface area contributed by atoms with Gasteiger partial charge in [-0.05, 0) is 6.08 Å². The summed E-state index contributed by atoms with van der Waals surface area (Å²) in [6.45, 7) is 0. The zero-order valence-electron chi connectivity index (χ0n) is 9.24. The summed E-state index contributed by atoms with van der Waals surface area (Å²) in [4.78, 5) is 21.6. The Morgan fingerprint density at radius 2 is 1.53 bits per heavy atom. The Labute approximate surface area is 89.0 Å². The van der Waals surface area contributed by atoms with Crippen molar-refractivity contribution in [2.75, 3.05) is 21.3 Å². The van der Waals surface area contributed by atoms with E-state index in [9.17, 15) is 9.59 Å². The number of allylic oxidation sites excluding steroid dienone is 1. The van der Waals surface area contributed by atoms with Gasteiger partial charge < -0.3 is 14.2 Å². The van der Waals surface area contributed by atoms with Gasteiger partial charge in [-0.3, -0.25) is 9.59 Å². The second kappa shape index (κ2) is 7.84. The van der Waals surface area contributed by atoms with Crippen molar-refractivity contribution < 1.29 is 23.8 Å². The zero-order valence-corrected chi connectivity index (χ0v) is 9.24. The average molecular weight is 216 g/mol. The highest BCUT2D eigenvalue weighted by Crippen LogP contribution is 2.08. The van der Waals surface area contributed by atoms with E-state index in [0.29, 0.717) is 12.2 Å². The smallest absolute Gasteiger partial charge is 0.309 e. The third-order valence-corrected chi connectivity index (χ3v) is 1.79. The van der Waals surface area contributed by atoms with E-state index in [1.807, 2.05) is 0 Å².